The summed E-state index contributed by atoms with van der Waals surface area (Å²) < 4.78 is 107. The van der Waals surface area contributed by atoms with E-state index in [1.54, 1.807) is 12.1 Å². The summed E-state index contributed by atoms with van der Waals surface area (Å²) in [5.74, 6) is -1.96. The van der Waals surface area contributed by atoms with Crippen LogP contribution >= 0.6 is 0 Å². The Kier molecular flexibility index (Phi) is 7.69. The first-order valence-electron chi connectivity index (χ1n) is 11.1. The Morgan fingerprint density at radius 2 is 1.42 bits per heavy atom. The Labute approximate surface area is 205 Å². The molecule has 12 heteroatoms. The molecule has 1 fully saturated rings. The smallest absolute Gasteiger partial charge is 0.383 e. The molecule has 0 saturated heterocycles. The molecule has 1 aliphatic rings. The van der Waals surface area contributed by atoms with E-state index in [0.29, 0.717) is 30.5 Å². The van der Waals surface area contributed by atoms with Gasteiger partial charge in [0.15, 0.2) is 0 Å². The van der Waals surface area contributed by atoms with Crippen LogP contribution in [0, 0.1) is 0 Å². The molecule has 1 atom stereocenters. The molecule has 5 nitrogen and oxygen atoms in total. The van der Waals surface area contributed by atoms with Gasteiger partial charge in [0.25, 0.3) is 0 Å². The number of rotatable bonds is 6. The number of nitrogens with one attached hydrogen (secondary N) is 1. The summed E-state index contributed by atoms with van der Waals surface area (Å²) in [5.41, 5.74) is -3.66. The number of benzene rings is 2. The summed E-state index contributed by atoms with van der Waals surface area (Å²) >= 11 is 0. The third-order valence-electron chi connectivity index (χ3n) is 6.23. The van der Waals surface area contributed by atoms with E-state index >= 15 is 0 Å². The van der Waals surface area contributed by atoms with Crippen LogP contribution in [-0.2, 0) is 32.8 Å². The van der Waals surface area contributed by atoms with Gasteiger partial charge in [0.05, 0.1) is 28.8 Å². The number of amides is 1. The highest BCUT2D eigenvalue weighted by atomic mass is 32.2. The van der Waals surface area contributed by atoms with E-state index < -0.39 is 56.5 Å². The van der Waals surface area contributed by atoms with Crippen LogP contribution in [0.5, 0.6) is 5.75 Å². The minimum absolute atomic E-state index is 0.0247. The molecule has 2 aromatic rings. The van der Waals surface area contributed by atoms with E-state index in [9.17, 15) is 39.6 Å². The maximum Gasteiger partial charge on any atom is 0.416 e. The van der Waals surface area contributed by atoms with Crippen LogP contribution in [-0.4, -0.2) is 20.6 Å². The molecule has 0 bridgehead atoms. The van der Waals surface area contributed by atoms with E-state index in [1.165, 1.54) is 19.1 Å². The first-order valence-corrected chi connectivity index (χ1v) is 12.9. The standard InChI is InChI=1S/C24H25F6NO4S/c1-15(16-12-18(23(25,26)27)14-19(13-16)24(28,29)30)21(32)31-22(10-4-3-5-11-22)17-6-8-20(9-7-17)35-36(2,33)34/h6-9,12-15H,3-5,10-11H2,1-2H3,(H,31,32)/t15-/m0/s1. The zero-order valence-corrected chi connectivity index (χ0v) is 20.3. The lowest BCUT2D eigenvalue weighted by molar-refractivity contribution is -0.143. The van der Waals surface area contributed by atoms with Gasteiger partial charge in [-0.15, -0.1) is 0 Å². The zero-order chi connectivity index (χ0) is 26.9. The van der Waals surface area contributed by atoms with E-state index in [-0.39, 0.29) is 11.8 Å². The number of halogens is 6. The number of alkyl halides is 6. The number of carbonyl (C=O) groups excluding carboxylic acids is 1. The van der Waals surface area contributed by atoms with Crippen LogP contribution in [0.1, 0.15) is 67.2 Å². The number of carbonyl (C=O) groups is 1. The van der Waals surface area contributed by atoms with Crippen molar-refractivity contribution < 1.29 is 43.7 Å². The molecule has 1 N–H and O–H groups in total. The van der Waals surface area contributed by atoms with Crippen molar-refractivity contribution in [2.45, 2.75) is 62.8 Å². The molecule has 0 spiro atoms. The predicted molar refractivity (Wildman–Crippen MR) is 120 cm³/mol. The lowest BCUT2D eigenvalue weighted by Crippen LogP contribution is -2.48. The van der Waals surface area contributed by atoms with Crippen molar-refractivity contribution in [3.63, 3.8) is 0 Å². The second kappa shape index (κ2) is 9.95. The van der Waals surface area contributed by atoms with Crippen LogP contribution in [0.2, 0.25) is 0 Å². The van der Waals surface area contributed by atoms with E-state index in [0.717, 1.165) is 25.5 Å². The SMILES string of the molecule is C[C@H](C(=O)NC1(c2ccc(OS(C)(=O)=O)cc2)CCCCC1)c1cc(C(F)(F)F)cc(C(F)(F)F)c1. The van der Waals surface area contributed by atoms with Crippen molar-refractivity contribution >= 4 is 16.0 Å². The molecule has 1 amide bonds. The Morgan fingerprint density at radius 3 is 1.86 bits per heavy atom. The molecule has 3 rings (SSSR count). The summed E-state index contributed by atoms with van der Waals surface area (Å²) in [6.45, 7) is 1.25. The van der Waals surface area contributed by atoms with Gasteiger partial charge in [-0.25, -0.2) is 0 Å². The Hall–Kier alpha value is -2.76. The highest BCUT2D eigenvalue weighted by Gasteiger charge is 2.40. The van der Waals surface area contributed by atoms with Gasteiger partial charge >= 0.3 is 22.5 Å². The maximum atomic E-state index is 13.3. The second-order valence-electron chi connectivity index (χ2n) is 9.00. The first-order chi connectivity index (χ1) is 16.5. The Balaban J connectivity index is 1.93. The number of hydrogen-bond acceptors (Lipinski definition) is 4. The van der Waals surface area contributed by atoms with Crippen LogP contribution in [0.25, 0.3) is 0 Å². The van der Waals surface area contributed by atoms with Gasteiger partial charge < -0.3 is 9.50 Å². The lowest BCUT2D eigenvalue weighted by Gasteiger charge is -2.39. The van der Waals surface area contributed by atoms with E-state index in [1.807, 2.05) is 0 Å². The fourth-order valence-corrected chi connectivity index (χ4v) is 4.83. The first kappa shape index (κ1) is 27.8. The average Bonchev–Trinajstić information content (AvgIpc) is 2.77. The summed E-state index contributed by atoms with van der Waals surface area (Å²) in [6.07, 6.45) is -5.80. The van der Waals surface area contributed by atoms with Gasteiger partial charge in [-0.2, -0.15) is 34.8 Å². The van der Waals surface area contributed by atoms with Crippen molar-refractivity contribution in [1.29, 1.82) is 0 Å². The lowest BCUT2D eigenvalue weighted by atomic mass is 9.76. The number of hydrogen-bond donors (Lipinski definition) is 1. The van der Waals surface area contributed by atoms with Crippen molar-refractivity contribution in [2.24, 2.45) is 0 Å². The van der Waals surface area contributed by atoms with Gasteiger partial charge in [0.1, 0.15) is 5.75 Å². The fourth-order valence-electron chi connectivity index (χ4n) is 4.37. The summed E-state index contributed by atoms with van der Waals surface area (Å²) in [4.78, 5) is 13.2. The minimum Gasteiger partial charge on any atom is -0.383 e. The highest BCUT2D eigenvalue weighted by Crippen LogP contribution is 2.40. The quantitative estimate of drug-likeness (QED) is 0.355. The third kappa shape index (κ3) is 6.71. The maximum absolute atomic E-state index is 13.3. The van der Waals surface area contributed by atoms with Crippen LogP contribution < -0.4 is 9.50 Å². The third-order valence-corrected chi connectivity index (χ3v) is 6.72. The molecule has 2 aromatic carbocycles. The molecule has 0 aliphatic heterocycles. The fraction of sp³-hybridized carbons (Fsp3) is 0.458. The van der Waals surface area contributed by atoms with Gasteiger partial charge in [0, 0.05) is 0 Å². The highest BCUT2D eigenvalue weighted by molar-refractivity contribution is 7.86. The van der Waals surface area contributed by atoms with E-state index in [2.05, 4.69) is 5.32 Å². The van der Waals surface area contributed by atoms with Gasteiger partial charge in [-0.05, 0) is 61.2 Å². The Bertz CT molecular complexity index is 1170. The molecule has 36 heavy (non-hydrogen) atoms. The summed E-state index contributed by atoms with van der Waals surface area (Å²) in [5, 5.41) is 2.87. The van der Waals surface area contributed by atoms with Crippen molar-refractivity contribution in [3.8, 4) is 5.75 Å². The topological polar surface area (TPSA) is 72.5 Å². The molecule has 0 unspecified atom stereocenters. The van der Waals surface area contributed by atoms with Crippen molar-refractivity contribution in [1.82, 2.24) is 5.32 Å². The average molecular weight is 538 g/mol. The molecular weight excluding hydrogens is 512 g/mol. The molecule has 0 radical (unpaired) electrons. The van der Waals surface area contributed by atoms with Crippen LogP contribution in [0.15, 0.2) is 42.5 Å². The van der Waals surface area contributed by atoms with Crippen molar-refractivity contribution in [3.05, 3.63) is 64.7 Å². The monoisotopic (exact) mass is 537 g/mol. The van der Waals surface area contributed by atoms with Crippen LogP contribution in [0.4, 0.5) is 26.3 Å². The molecule has 0 aromatic heterocycles. The second-order valence-corrected chi connectivity index (χ2v) is 10.6. The van der Waals surface area contributed by atoms with Crippen molar-refractivity contribution in [2.75, 3.05) is 6.26 Å². The Morgan fingerprint density at radius 1 is 0.917 bits per heavy atom. The molecule has 1 aliphatic carbocycles. The minimum atomic E-state index is -5.02. The molecular formula is C24H25F6NO4S. The largest absolute Gasteiger partial charge is 0.416 e. The summed E-state index contributed by atoms with van der Waals surface area (Å²) in [6, 6.07) is 7.16. The zero-order valence-electron chi connectivity index (χ0n) is 19.5. The predicted octanol–water partition coefficient (Wildman–Crippen LogP) is 6.14. The van der Waals surface area contributed by atoms with E-state index in [4.69, 9.17) is 4.18 Å². The normalized spacial score (nSPS) is 17.3. The van der Waals surface area contributed by atoms with Gasteiger partial charge in [0.2, 0.25) is 5.91 Å². The van der Waals surface area contributed by atoms with Gasteiger partial charge in [-0.1, -0.05) is 31.4 Å². The van der Waals surface area contributed by atoms with Gasteiger partial charge in [-0.3, -0.25) is 4.79 Å². The molecule has 198 valence electrons. The van der Waals surface area contributed by atoms with Crippen LogP contribution in [0.3, 0.4) is 0 Å². The summed E-state index contributed by atoms with van der Waals surface area (Å²) in [7, 11) is -3.75. The molecule has 1 saturated carbocycles. The molecule has 0 heterocycles.